The average molecular weight is 143 g/mol. The van der Waals surface area contributed by atoms with Gasteiger partial charge in [-0.3, -0.25) is 0 Å². The first-order chi connectivity index (χ1) is 4.81. The van der Waals surface area contributed by atoms with Crippen molar-refractivity contribution in [2.24, 2.45) is 0 Å². The lowest BCUT2D eigenvalue weighted by atomic mass is 10.4. The van der Waals surface area contributed by atoms with Crippen LogP contribution in [-0.2, 0) is 0 Å². The Bertz CT molecular complexity index is 81.3. The minimum absolute atomic E-state index is 1.09. The molecule has 0 aliphatic rings. The second-order valence-corrected chi connectivity index (χ2v) is 2.55. The molecule has 0 heterocycles. The molecule has 0 rings (SSSR count). The normalized spacial score (nSPS) is 13.0. The predicted molar refractivity (Wildman–Crippen MR) is 45.1 cm³/mol. The Morgan fingerprint density at radius 2 is 2.20 bits per heavy atom. The van der Waals surface area contributed by atoms with Crippen molar-refractivity contribution < 1.29 is 4.90 Å². The molecule has 0 bridgehead atoms. The summed E-state index contributed by atoms with van der Waals surface area (Å²) in [6.45, 7) is 9.22. The van der Waals surface area contributed by atoms with Crippen LogP contribution in [0.4, 0.5) is 0 Å². The van der Waals surface area contributed by atoms with Crippen LogP contribution >= 0.6 is 0 Å². The van der Waals surface area contributed by atoms with Gasteiger partial charge in [0, 0.05) is 6.54 Å². The molecule has 0 aliphatic carbocycles. The van der Waals surface area contributed by atoms with Gasteiger partial charge in [0.15, 0.2) is 0 Å². The zero-order valence-corrected chi connectivity index (χ0v) is 7.11. The van der Waals surface area contributed by atoms with Gasteiger partial charge in [-0.15, -0.1) is 0 Å². The van der Waals surface area contributed by atoms with Crippen molar-refractivity contribution in [1.82, 2.24) is 5.32 Å². The fourth-order valence-electron chi connectivity index (χ4n) is 0.689. The van der Waals surface area contributed by atoms with Crippen molar-refractivity contribution >= 4 is 0 Å². The van der Waals surface area contributed by atoms with Crippen LogP contribution in [0.3, 0.4) is 0 Å². The van der Waals surface area contributed by atoms with Gasteiger partial charge >= 0.3 is 0 Å². The lowest BCUT2D eigenvalue weighted by Gasteiger charge is -2.07. The van der Waals surface area contributed by atoms with Crippen LogP contribution < -0.4 is 10.2 Å². The molecule has 0 aliphatic heterocycles. The lowest BCUT2D eigenvalue weighted by molar-refractivity contribution is -0.823. The highest BCUT2D eigenvalue weighted by molar-refractivity contribution is 4.47. The Hall–Kier alpha value is -0.340. The number of likely N-dealkylation sites (N-methyl/N-ethyl adjacent to an activating group) is 1. The van der Waals surface area contributed by atoms with Crippen LogP contribution in [0.5, 0.6) is 0 Å². The molecule has 0 radical (unpaired) electrons. The summed E-state index contributed by atoms with van der Waals surface area (Å²) in [5, 5.41) is 3.33. The fraction of sp³-hybridized carbons (Fsp3) is 0.750. The second kappa shape index (κ2) is 6.78. The molecule has 0 aromatic heterocycles. The molecular weight excluding hydrogens is 124 g/mol. The van der Waals surface area contributed by atoms with Gasteiger partial charge in [-0.05, 0) is 19.5 Å². The van der Waals surface area contributed by atoms with Crippen LogP contribution in [0.1, 0.15) is 13.3 Å². The van der Waals surface area contributed by atoms with Crippen molar-refractivity contribution in [2.75, 3.05) is 26.7 Å². The maximum absolute atomic E-state index is 3.69. The fourth-order valence-corrected chi connectivity index (χ4v) is 0.689. The smallest absolute Gasteiger partial charge is 0.0937 e. The predicted octanol–water partition coefficient (Wildman–Crippen LogP) is -0.356. The van der Waals surface area contributed by atoms with Gasteiger partial charge in [0.2, 0.25) is 0 Å². The third-order valence-corrected chi connectivity index (χ3v) is 1.47. The van der Waals surface area contributed by atoms with Crippen LogP contribution in [0, 0.1) is 0 Å². The highest BCUT2D eigenvalue weighted by atomic mass is 15.1. The highest BCUT2D eigenvalue weighted by Gasteiger charge is 1.92. The quantitative estimate of drug-likeness (QED) is 0.486. The molecule has 0 fully saturated rings. The summed E-state index contributed by atoms with van der Waals surface area (Å²) in [5.74, 6) is 0. The summed E-state index contributed by atoms with van der Waals surface area (Å²) in [4.78, 5) is 1.36. The first kappa shape index (κ1) is 9.66. The van der Waals surface area contributed by atoms with Crippen LogP contribution in [0.25, 0.3) is 0 Å². The molecule has 1 unspecified atom stereocenters. The van der Waals surface area contributed by atoms with Crippen molar-refractivity contribution in [3.8, 4) is 0 Å². The standard InChI is InChI=1S/C8H18N2/c1-4-6-9-7-8-10(3)5-2/h5,9H,2,4,6-8H2,1,3H3/p+1. The molecular formula is C8H19N2+. The van der Waals surface area contributed by atoms with E-state index >= 15 is 0 Å². The van der Waals surface area contributed by atoms with Gasteiger partial charge in [-0.25, -0.2) is 0 Å². The van der Waals surface area contributed by atoms with E-state index in [4.69, 9.17) is 0 Å². The minimum atomic E-state index is 1.09. The molecule has 0 aromatic rings. The third-order valence-electron chi connectivity index (χ3n) is 1.47. The number of quaternary nitrogens is 1. The highest BCUT2D eigenvalue weighted by Crippen LogP contribution is 1.66. The summed E-state index contributed by atoms with van der Waals surface area (Å²) in [6, 6.07) is 0. The molecule has 2 nitrogen and oxygen atoms in total. The summed E-state index contributed by atoms with van der Waals surface area (Å²) in [7, 11) is 2.11. The number of hydrogen-bond donors (Lipinski definition) is 2. The first-order valence-corrected chi connectivity index (χ1v) is 3.96. The van der Waals surface area contributed by atoms with Crippen LogP contribution in [0.2, 0.25) is 0 Å². The van der Waals surface area contributed by atoms with Gasteiger partial charge in [0.05, 0.1) is 19.8 Å². The van der Waals surface area contributed by atoms with Gasteiger partial charge in [0.25, 0.3) is 0 Å². The monoisotopic (exact) mass is 143 g/mol. The molecule has 0 aromatic carbocycles. The Morgan fingerprint density at radius 3 is 2.70 bits per heavy atom. The number of rotatable bonds is 6. The first-order valence-electron chi connectivity index (χ1n) is 3.96. The van der Waals surface area contributed by atoms with Gasteiger partial charge in [-0.1, -0.05) is 6.92 Å². The van der Waals surface area contributed by atoms with E-state index < -0.39 is 0 Å². The van der Waals surface area contributed by atoms with E-state index in [9.17, 15) is 0 Å². The summed E-state index contributed by atoms with van der Waals surface area (Å²) in [5.41, 5.74) is 0. The minimum Gasteiger partial charge on any atom is -0.311 e. The largest absolute Gasteiger partial charge is 0.311 e. The van der Waals surface area contributed by atoms with Gasteiger partial charge in [-0.2, -0.15) is 0 Å². The Labute approximate surface area is 63.9 Å². The molecule has 1 atom stereocenters. The third kappa shape index (κ3) is 5.79. The molecule has 0 amide bonds. The van der Waals surface area contributed by atoms with E-state index in [2.05, 4.69) is 25.9 Å². The lowest BCUT2D eigenvalue weighted by Crippen LogP contribution is -3.04. The maximum atomic E-state index is 3.69. The molecule has 10 heavy (non-hydrogen) atoms. The van der Waals surface area contributed by atoms with Crippen molar-refractivity contribution in [3.05, 3.63) is 12.8 Å². The molecule has 2 heteroatoms. The van der Waals surface area contributed by atoms with E-state index in [-0.39, 0.29) is 0 Å². The summed E-state index contributed by atoms with van der Waals surface area (Å²) < 4.78 is 0. The Morgan fingerprint density at radius 1 is 1.50 bits per heavy atom. The zero-order valence-electron chi connectivity index (χ0n) is 7.11. The molecule has 60 valence electrons. The van der Waals surface area contributed by atoms with Crippen molar-refractivity contribution in [1.29, 1.82) is 0 Å². The number of hydrogen-bond acceptors (Lipinski definition) is 1. The average Bonchev–Trinajstić information content (AvgIpc) is 1.98. The van der Waals surface area contributed by atoms with Gasteiger partial charge < -0.3 is 10.2 Å². The van der Waals surface area contributed by atoms with Crippen LogP contribution in [0.15, 0.2) is 12.8 Å². The SMILES string of the molecule is C=C[NH+](C)CCNCCC. The molecule has 2 N–H and O–H groups in total. The van der Waals surface area contributed by atoms with Crippen LogP contribution in [-0.4, -0.2) is 26.7 Å². The zero-order chi connectivity index (χ0) is 7.82. The Kier molecular flexibility index (Phi) is 6.55. The van der Waals surface area contributed by atoms with E-state index in [1.807, 2.05) is 6.20 Å². The Balaban J connectivity index is 2.95. The molecule has 0 saturated carbocycles. The van der Waals surface area contributed by atoms with E-state index in [1.54, 1.807) is 0 Å². The maximum Gasteiger partial charge on any atom is 0.0937 e. The summed E-state index contributed by atoms with van der Waals surface area (Å²) in [6.07, 6.45) is 3.14. The molecule has 0 saturated heterocycles. The van der Waals surface area contributed by atoms with E-state index in [1.165, 1.54) is 11.3 Å². The topological polar surface area (TPSA) is 16.5 Å². The van der Waals surface area contributed by atoms with Gasteiger partial charge in [0.1, 0.15) is 0 Å². The van der Waals surface area contributed by atoms with E-state index in [0.717, 1.165) is 19.6 Å². The van der Waals surface area contributed by atoms with E-state index in [0.29, 0.717) is 0 Å². The summed E-state index contributed by atoms with van der Waals surface area (Å²) >= 11 is 0. The van der Waals surface area contributed by atoms with Crippen molar-refractivity contribution in [3.63, 3.8) is 0 Å². The number of nitrogens with one attached hydrogen (secondary N) is 2. The molecule has 0 spiro atoms. The van der Waals surface area contributed by atoms with Crippen molar-refractivity contribution in [2.45, 2.75) is 13.3 Å². The second-order valence-electron chi connectivity index (χ2n) is 2.55.